The van der Waals surface area contributed by atoms with E-state index in [1.54, 1.807) is 0 Å². The second-order valence-electron chi connectivity index (χ2n) is 6.35. The zero-order chi connectivity index (χ0) is 16.8. The molecule has 25 heavy (non-hydrogen) atoms. The minimum atomic E-state index is 0.664. The zero-order valence-corrected chi connectivity index (χ0v) is 13.7. The number of hydrogen-bond donors (Lipinski definition) is 1. The van der Waals surface area contributed by atoms with Crippen LogP contribution in [0.1, 0.15) is 5.56 Å². The predicted octanol–water partition coefficient (Wildman–Crippen LogP) is 2.92. The van der Waals surface area contributed by atoms with Crippen LogP contribution in [0.4, 0.5) is 5.69 Å². The van der Waals surface area contributed by atoms with Crippen molar-refractivity contribution in [3.8, 4) is 6.07 Å². The number of nitrogens with one attached hydrogen (secondary N) is 1. The average molecular weight is 327 g/mol. The summed E-state index contributed by atoms with van der Waals surface area (Å²) < 4.78 is 2.12. The van der Waals surface area contributed by atoms with Crippen molar-refractivity contribution >= 4 is 33.3 Å². The number of benzene rings is 2. The van der Waals surface area contributed by atoms with Gasteiger partial charge in [0.2, 0.25) is 0 Å². The van der Waals surface area contributed by atoms with Gasteiger partial charge in [0, 0.05) is 31.6 Å². The third-order valence-electron chi connectivity index (χ3n) is 4.97. The lowest BCUT2D eigenvalue weighted by Gasteiger charge is -2.31. The fraction of sp³-hybridized carbons (Fsp3) is 0.200. The topological polar surface area (TPSA) is 56.4 Å². The van der Waals surface area contributed by atoms with E-state index in [4.69, 9.17) is 4.98 Å². The number of aromatic nitrogens is 2. The first-order valence-electron chi connectivity index (χ1n) is 8.56. The number of para-hydroxylation sites is 3. The minimum absolute atomic E-state index is 0.664. The molecule has 1 fully saturated rings. The van der Waals surface area contributed by atoms with Gasteiger partial charge in [0.25, 0.3) is 0 Å². The molecule has 0 unspecified atom stereocenters. The van der Waals surface area contributed by atoms with Crippen molar-refractivity contribution in [1.29, 1.82) is 5.26 Å². The van der Waals surface area contributed by atoms with Crippen LogP contribution in [0.5, 0.6) is 0 Å². The van der Waals surface area contributed by atoms with Crippen LogP contribution in [0.25, 0.3) is 27.6 Å². The maximum absolute atomic E-state index is 9.99. The van der Waals surface area contributed by atoms with Gasteiger partial charge in [-0.3, -0.25) is 4.40 Å². The molecule has 0 spiro atoms. The van der Waals surface area contributed by atoms with Gasteiger partial charge in [0.1, 0.15) is 11.6 Å². The lowest BCUT2D eigenvalue weighted by Crippen LogP contribution is -2.44. The number of piperazine rings is 1. The Morgan fingerprint density at radius 3 is 2.48 bits per heavy atom. The number of hydrogen-bond acceptors (Lipinski definition) is 4. The molecule has 1 N–H and O–H groups in total. The first-order valence-corrected chi connectivity index (χ1v) is 8.56. The summed E-state index contributed by atoms with van der Waals surface area (Å²) in [6, 6.07) is 18.8. The molecule has 0 radical (unpaired) electrons. The first-order chi connectivity index (χ1) is 12.4. The number of fused-ring (bicyclic) bond motifs is 5. The number of imidazole rings is 1. The van der Waals surface area contributed by atoms with Crippen molar-refractivity contribution in [3.63, 3.8) is 0 Å². The molecule has 5 rings (SSSR count). The highest BCUT2D eigenvalue weighted by Gasteiger charge is 2.23. The highest BCUT2D eigenvalue weighted by molar-refractivity contribution is 6.02. The Labute approximate surface area is 145 Å². The van der Waals surface area contributed by atoms with E-state index in [1.165, 1.54) is 0 Å². The van der Waals surface area contributed by atoms with Crippen molar-refractivity contribution in [1.82, 2.24) is 14.7 Å². The summed E-state index contributed by atoms with van der Waals surface area (Å²) in [6.07, 6.45) is 0. The Morgan fingerprint density at radius 2 is 1.68 bits per heavy atom. The predicted molar refractivity (Wildman–Crippen MR) is 100 cm³/mol. The number of pyridine rings is 1. The number of rotatable bonds is 1. The molecule has 2 aromatic carbocycles. The molecule has 0 bridgehead atoms. The molecule has 0 atom stereocenters. The molecule has 0 aliphatic carbocycles. The summed E-state index contributed by atoms with van der Waals surface area (Å²) in [6.45, 7) is 3.66. The minimum Gasteiger partial charge on any atom is -0.367 e. The molecule has 3 heterocycles. The van der Waals surface area contributed by atoms with Crippen molar-refractivity contribution in [3.05, 3.63) is 54.1 Å². The third-order valence-corrected chi connectivity index (χ3v) is 4.97. The smallest absolute Gasteiger partial charge is 0.158 e. The fourth-order valence-electron chi connectivity index (χ4n) is 3.87. The molecule has 0 saturated carbocycles. The van der Waals surface area contributed by atoms with E-state index < -0.39 is 0 Å². The van der Waals surface area contributed by atoms with Crippen LogP contribution in [0, 0.1) is 11.3 Å². The second kappa shape index (κ2) is 5.47. The normalized spacial score (nSPS) is 15.1. The molecule has 0 amide bonds. The molecule has 1 saturated heterocycles. The second-order valence-corrected chi connectivity index (χ2v) is 6.35. The van der Waals surface area contributed by atoms with Gasteiger partial charge in [-0.25, -0.2) is 4.98 Å². The molecule has 1 aliphatic rings. The first kappa shape index (κ1) is 14.3. The third kappa shape index (κ3) is 2.01. The monoisotopic (exact) mass is 327 g/mol. The Hall–Kier alpha value is -3.10. The number of nitriles is 1. The molecular weight excluding hydrogens is 310 g/mol. The van der Waals surface area contributed by atoms with Crippen LogP contribution in [-0.2, 0) is 0 Å². The summed E-state index contributed by atoms with van der Waals surface area (Å²) in [4.78, 5) is 7.11. The Morgan fingerprint density at radius 1 is 0.960 bits per heavy atom. The van der Waals surface area contributed by atoms with Gasteiger partial charge < -0.3 is 10.2 Å². The maximum Gasteiger partial charge on any atom is 0.158 e. The van der Waals surface area contributed by atoms with E-state index in [1.807, 2.05) is 30.3 Å². The van der Waals surface area contributed by atoms with Gasteiger partial charge in [-0.1, -0.05) is 30.3 Å². The highest BCUT2D eigenvalue weighted by Crippen LogP contribution is 2.35. The largest absolute Gasteiger partial charge is 0.367 e. The molecular formula is C20H17N5. The SMILES string of the molecule is N#Cc1c(N2CCNCC2)c2ccccc2n2c1nc1ccccc12. The Bertz CT molecular complexity index is 1150. The van der Waals surface area contributed by atoms with Crippen LogP contribution in [-0.4, -0.2) is 35.6 Å². The molecule has 4 aromatic rings. The molecule has 2 aromatic heterocycles. The summed E-state index contributed by atoms with van der Waals surface area (Å²) in [5.74, 6) is 0. The van der Waals surface area contributed by atoms with Gasteiger partial charge in [0.05, 0.1) is 22.2 Å². The molecule has 5 heteroatoms. The fourth-order valence-corrected chi connectivity index (χ4v) is 3.87. The van der Waals surface area contributed by atoms with Crippen molar-refractivity contribution in [2.24, 2.45) is 0 Å². The summed E-state index contributed by atoms with van der Waals surface area (Å²) in [5, 5.41) is 14.5. The zero-order valence-electron chi connectivity index (χ0n) is 13.7. The van der Waals surface area contributed by atoms with E-state index in [0.29, 0.717) is 5.56 Å². The molecule has 1 aliphatic heterocycles. The maximum atomic E-state index is 9.99. The lowest BCUT2D eigenvalue weighted by atomic mass is 10.1. The standard InChI is InChI=1S/C20H17N5/c21-13-15-19(24-11-9-22-10-12-24)14-5-1-3-7-17(14)25-18-8-4-2-6-16(18)23-20(15)25/h1-8,22H,9-12H2. The van der Waals surface area contributed by atoms with Crippen LogP contribution >= 0.6 is 0 Å². The van der Waals surface area contributed by atoms with E-state index in [0.717, 1.165) is 59.4 Å². The van der Waals surface area contributed by atoms with E-state index >= 15 is 0 Å². The summed E-state index contributed by atoms with van der Waals surface area (Å²) >= 11 is 0. The van der Waals surface area contributed by atoms with Crippen molar-refractivity contribution in [2.45, 2.75) is 0 Å². The molecule has 122 valence electrons. The highest BCUT2D eigenvalue weighted by atomic mass is 15.2. The quantitative estimate of drug-likeness (QED) is 0.584. The van der Waals surface area contributed by atoms with Crippen LogP contribution in [0.15, 0.2) is 48.5 Å². The van der Waals surface area contributed by atoms with Gasteiger partial charge in [0.15, 0.2) is 5.65 Å². The van der Waals surface area contributed by atoms with Crippen molar-refractivity contribution < 1.29 is 0 Å². The van der Waals surface area contributed by atoms with Gasteiger partial charge in [-0.2, -0.15) is 5.26 Å². The summed E-state index contributed by atoms with van der Waals surface area (Å²) in [7, 11) is 0. The lowest BCUT2D eigenvalue weighted by molar-refractivity contribution is 0.590. The van der Waals surface area contributed by atoms with Crippen LogP contribution in [0.2, 0.25) is 0 Å². The number of nitrogens with zero attached hydrogens (tertiary/aromatic N) is 4. The summed E-state index contributed by atoms with van der Waals surface area (Å²) in [5.41, 5.74) is 5.48. The van der Waals surface area contributed by atoms with Crippen molar-refractivity contribution in [2.75, 3.05) is 31.1 Å². The number of anilines is 1. The molecule has 5 nitrogen and oxygen atoms in total. The van der Waals surface area contributed by atoms with Gasteiger partial charge in [-0.05, 0) is 18.2 Å². The van der Waals surface area contributed by atoms with E-state index in [9.17, 15) is 5.26 Å². The Kier molecular flexibility index (Phi) is 3.12. The van der Waals surface area contributed by atoms with E-state index in [2.05, 4.69) is 38.9 Å². The van der Waals surface area contributed by atoms with Gasteiger partial charge >= 0.3 is 0 Å². The van der Waals surface area contributed by atoms with E-state index in [-0.39, 0.29) is 0 Å². The van der Waals surface area contributed by atoms with Crippen LogP contribution < -0.4 is 10.2 Å². The Balaban J connectivity index is 1.99. The van der Waals surface area contributed by atoms with Crippen LogP contribution in [0.3, 0.4) is 0 Å². The van der Waals surface area contributed by atoms with Gasteiger partial charge in [-0.15, -0.1) is 0 Å². The average Bonchev–Trinajstić information content (AvgIpc) is 3.07.